The number of fused-ring (bicyclic) bond motifs is 2. The van der Waals surface area contributed by atoms with Gasteiger partial charge in [0.15, 0.2) is 0 Å². The topological polar surface area (TPSA) is 110 Å². The fourth-order valence-electron chi connectivity index (χ4n) is 3.54. The maximum absolute atomic E-state index is 12.1. The lowest BCUT2D eigenvalue weighted by Gasteiger charge is -2.18. The number of carbonyl (C=O) groups excluding carboxylic acids is 1. The molecule has 134 valence electrons. The van der Waals surface area contributed by atoms with E-state index in [1.165, 1.54) is 23.9 Å². The summed E-state index contributed by atoms with van der Waals surface area (Å²) in [5.74, 6) is 0.0762. The Bertz CT molecular complexity index is 864. The number of aromatic nitrogens is 4. The molecule has 2 aromatic rings. The molecule has 0 radical (unpaired) electrons. The fraction of sp³-hybridized carbons (Fsp3) is 0.353. The third kappa shape index (κ3) is 3.34. The summed E-state index contributed by atoms with van der Waals surface area (Å²) in [6.45, 7) is 0. The van der Waals surface area contributed by atoms with Crippen molar-refractivity contribution in [3.8, 4) is 0 Å². The molecule has 1 aromatic heterocycles. The van der Waals surface area contributed by atoms with Gasteiger partial charge in [-0.15, -0.1) is 5.10 Å². The molecular weight excluding hydrogens is 354 g/mol. The SMILES string of the molecule is O=C(CSc1nnnn1[C@H]1C[C@H]2C=C[C@H]1C2)Nc1ccc(C(=O)O)cc1. The van der Waals surface area contributed by atoms with E-state index in [0.717, 1.165) is 12.8 Å². The molecule has 2 bridgehead atoms. The maximum atomic E-state index is 12.1. The number of benzene rings is 1. The molecule has 1 heterocycles. The summed E-state index contributed by atoms with van der Waals surface area (Å²) in [5.41, 5.74) is 0.731. The van der Waals surface area contributed by atoms with Gasteiger partial charge in [0, 0.05) is 5.69 Å². The Morgan fingerprint density at radius 2 is 2.04 bits per heavy atom. The monoisotopic (exact) mass is 371 g/mol. The number of thioether (sulfide) groups is 1. The molecule has 1 amide bonds. The van der Waals surface area contributed by atoms with Gasteiger partial charge in [-0.3, -0.25) is 4.79 Å². The quantitative estimate of drug-likeness (QED) is 0.592. The minimum Gasteiger partial charge on any atom is -0.478 e. The minimum atomic E-state index is -0.999. The zero-order chi connectivity index (χ0) is 18.1. The van der Waals surface area contributed by atoms with Gasteiger partial charge in [-0.2, -0.15) is 0 Å². The van der Waals surface area contributed by atoms with Crippen LogP contribution in [0.1, 0.15) is 29.2 Å². The van der Waals surface area contributed by atoms with Gasteiger partial charge in [-0.05, 0) is 59.4 Å². The van der Waals surface area contributed by atoms with Gasteiger partial charge in [0.25, 0.3) is 0 Å². The van der Waals surface area contributed by atoms with Crippen molar-refractivity contribution in [2.75, 3.05) is 11.1 Å². The summed E-state index contributed by atoms with van der Waals surface area (Å²) < 4.78 is 1.84. The second-order valence-electron chi connectivity index (χ2n) is 6.47. The molecule has 2 aliphatic rings. The summed E-state index contributed by atoms with van der Waals surface area (Å²) >= 11 is 1.30. The second kappa shape index (κ2) is 6.91. The number of nitrogens with zero attached hydrogens (tertiary/aromatic N) is 4. The van der Waals surface area contributed by atoms with Crippen LogP contribution in [0.25, 0.3) is 0 Å². The molecule has 26 heavy (non-hydrogen) atoms. The van der Waals surface area contributed by atoms with Crippen LogP contribution in [0.4, 0.5) is 5.69 Å². The predicted molar refractivity (Wildman–Crippen MR) is 95.0 cm³/mol. The van der Waals surface area contributed by atoms with Gasteiger partial charge in [0.2, 0.25) is 11.1 Å². The summed E-state index contributed by atoms with van der Waals surface area (Å²) in [5, 5.41) is 24.2. The Kier molecular flexibility index (Phi) is 4.46. The van der Waals surface area contributed by atoms with Crippen LogP contribution in [-0.2, 0) is 4.79 Å². The van der Waals surface area contributed by atoms with E-state index in [4.69, 9.17) is 5.11 Å². The van der Waals surface area contributed by atoms with Crippen LogP contribution in [0.15, 0.2) is 41.6 Å². The minimum absolute atomic E-state index is 0.177. The van der Waals surface area contributed by atoms with Crippen molar-refractivity contribution < 1.29 is 14.7 Å². The van der Waals surface area contributed by atoms with E-state index in [-0.39, 0.29) is 23.3 Å². The Labute approximate surface area is 153 Å². The molecule has 3 atom stereocenters. The van der Waals surface area contributed by atoms with Gasteiger partial charge in [-0.1, -0.05) is 23.9 Å². The number of carboxylic acid groups (broad SMARTS) is 1. The van der Waals surface area contributed by atoms with E-state index < -0.39 is 5.97 Å². The molecule has 1 saturated carbocycles. The van der Waals surface area contributed by atoms with Crippen molar-refractivity contribution in [2.45, 2.75) is 24.0 Å². The number of hydrogen-bond acceptors (Lipinski definition) is 6. The van der Waals surface area contributed by atoms with Gasteiger partial charge in [0.05, 0.1) is 17.4 Å². The van der Waals surface area contributed by atoms with E-state index in [1.807, 2.05) is 4.68 Å². The first kappa shape index (κ1) is 16.8. The van der Waals surface area contributed by atoms with Crippen LogP contribution in [0.5, 0.6) is 0 Å². The van der Waals surface area contributed by atoms with Crippen molar-refractivity contribution in [2.24, 2.45) is 11.8 Å². The van der Waals surface area contributed by atoms with E-state index in [9.17, 15) is 9.59 Å². The first-order valence-electron chi connectivity index (χ1n) is 8.32. The molecule has 2 N–H and O–H groups in total. The lowest BCUT2D eigenvalue weighted by Crippen LogP contribution is -2.18. The van der Waals surface area contributed by atoms with Crippen molar-refractivity contribution in [1.82, 2.24) is 20.2 Å². The molecule has 8 nitrogen and oxygen atoms in total. The van der Waals surface area contributed by atoms with Crippen molar-refractivity contribution in [3.05, 3.63) is 42.0 Å². The Balaban J connectivity index is 1.34. The van der Waals surface area contributed by atoms with E-state index in [1.54, 1.807) is 12.1 Å². The molecule has 2 aliphatic carbocycles. The molecule has 0 unspecified atom stereocenters. The molecule has 0 aliphatic heterocycles. The molecule has 0 spiro atoms. The van der Waals surface area contributed by atoms with Crippen LogP contribution in [0.2, 0.25) is 0 Å². The normalized spacial score (nSPS) is 23.3. The van der Waals surface area contributed by atoms with Crippen LogP contribution in [0, 0.1) is 11.8 Å². The highest BCUT2D eigenvalue weighted by molar-refractivity contribution is 7.99. The molecule has 9 heteroatoms. The van der Waals surface area contributed by atoms with Crippen molar-refractivity contribution >= 4 is 29.3 Å². The summed E-state index contributed by atoms with van der Waals surface area (Å²) in [6, 6.07) is 6.31. The third-order valence-electron chi connectivity index (χ3n) is 4.77. The molecular formula is C17H17N5O3S. The Morgan fingerprint density at radius 3 is 2.69 bits per heavy atom. The zero-order valence-electron chi connectivity index (χ0n) is 13.8. The number of aromatic carboxylic acids is 1. The molecule has 0 saturated heterocycles. The first-order valence-corrected chi connectivity index (χ1v) is 9.31. The number of carboxylic acids is 1. The largest absolute Gasteiger partial charge is 0.478 e. The summed E-state index contributed by atoms with van der Waals surface area (Å²) in [7, 11) is 0. The average Bonchev–Trinajstić information content (AvgIpc) is 3.36. The van der Waals surface area contributed by atoms with Gasteiger partial charge < -0.3 is 10.4 Å². The number of tetrazole rings is 1. The van der Waals surface area contributed by atoms with Gasteiger partial charge in [-0.25, -0.2) is 9.48 Å². The summed E-state index contributed by atoms with van der Waals surface area (Å²) in [6.07, 6.45) is 6.70. The second-order valence-corrected chi connectivity index (χ2v) is 7.42. The van der Waals surface area contributed by atoms with E-state index in [0.29, 0.717) is 22.7 Å². The number of allylic oxidation sites excluding steroid dienone is 2. The number of anilines is 1. The molecule has 4 rings (SSSR count). The van der Waals surface area contributed by atoms with Crippen LogP contribution >= 0.6 is 11.8 Å². The average molecular weight is 371 g/mol. The Hall–Kier alpha value is -2.68. The highest BCUT2D eigenvalue weighted by Gasteiger charge is 2.38. The van der Waals surface area contributed by atoms with Crippen molar-refractivity contribution in [3.63, 3.8) is 0 Å². The molecule has 1 fully saturated rings. The highest BCUT2D eigenvalue weighted by atomic mass is 32.2. The lowest BCUT2D eigenvalue weighted by molar-refractivity contribution is -0.113. The predicted octanol–water partition coefficient (Wildman–Crippen LogP) is 2.24. The fourth-order valence-corrected chi connectivity index (χ4v) is 4.28. The highest BCUT2D eigenvalue weighted by Crippen LogP contribution is 2.46. The van der Waals surface area contributed by atoms with E-state index in [2.05, 4.69) is 33.0 Å². The lowest BCUT2D eigenvalue weighted by atomic mass is 10.0. The van der Waals surface area contributed by atoms with Gasteiger partial charge in [0.1, 0.15) is 0 Å². The number of amides is 1. The molecule has 1 aromatic carbocycles. The van der Waals surface area contributed by atoms with Crippen LogP contribution in [0.3, 0.4) is 0 Å². The zero-order valence-corrected chi connectivity index (χ0v) is 14.6. The smallest absolute Gasteiger partial charge is 0.335 e. The first-order chi connectivity index (χ1) is 12.6. The van der Waals surface area contributed by atoms with E-state index >= 15 is 0 Å². The third-order valence-corrected chi connectivity index (χ3v) is 5.70. The van der Waals surface area contributed by atoms with Crippen LogP contribution < -0.4 is 5.32 Å². The van der Waals surface area contributed by atoms with Gasteiger partial charge >= 0.3 is 5.97 Å². The Morgan fingerprint density at radius 1 is 1.23 bits per heavy atom. The summed E-state index contributed by atoms with van der Waals surface area (Å²) in [4.78, 5) is 23.0. The maximum Gasteiger partial charge on any atom is 0.335 e. The number of hydrogen-bond donors (Lipinski definition) is 2. The van der Waals surface area contributed by atoms with Crippen LogP contribution in [-0.4, -0.2) is 42.9 Å². The van der Waals surface area contributed by atoms with Crippen molar-refractivity contribution in [1.29, 1.82) is 0 Å². The number of carbonyl (C=O) groups is 2. The number of rotatable bonds is 6. The standard InChI is InChI=1S/C17H17N5O3S/c23-15(18-13-5-3-11(4-6-13)16(24)25)9-26-17-19-20-21-22(17)14-8-10-1-2-12(14)7-10/h1-6,10,12,14H,7-9H2,(H,18,23)(H,24,25)/t10-,12-,14-/m0/s1. The number of nitrogens with one attached hydrogen (secondary N) is 1.